The molecule has 1 aromatic rings. The van der Waals surface area contributed by atoms with Crippen molar-refractivity contribution in [2.75, 3.05) is 19.6 Å². The average Bonchev–Trinajstić information content (AvgIpc) is 3.01. The third-order valence-corrected chi connectivity index (χ3v) is 5.55. The SMILES string of the molecule is NC[C@H]1CCC[C@H]1C(=O)NCCNS(=O)(=O)c1ccccc1. The van der Waals surface area contributed by atoms with Gasteiger partial charge in [0.1, 0.15) is 0 Å². The molecule has 0 spiro atoms. The molecule has 7 heteroatoms. The molecule has 2 rings (SSSR count). The van der Waals surface area contributed by atoms with Crippen LogP contribution in [0.4, 0.5) is 0 Å². The van der Waals surface area contributed by atoms with Crippen LogP contribution in [0.25, 0.3) is 0 Å². The predicted octanol–water partition coefficient (Wildman–Crippen LogP) is 0.456. The fourth-order valence-electron chi connectivity index (χ4n) is 2.85. The summed E-state index contributed by atoms with van der Waals surface area (Å²) in [5.74, 6) is 0.198. The third-order valence-electron chi connectivity index (χ3n) is 4.07. The second-order valence-corrected chi connectivity index (χ2v) is 7.30. The fourth-order valence-corrected chi connectivity index (χ4v) is 3.90. The Kier molecular flexibility index (Phi) is 5.93. The maximum absolute atomic E-state index is 12.1. The number of carbonyl (C=O) groups excluding carboxylic acids is 1. The summed E-state index contributed by atoms with van der Waals surface area (Å²) < 4.78 is 26.5. The Balaban J connectivity index is 1.76. The lowest BCUT2D eigenvalue weighted by Crippen LogP contribution is -2.39. The van der Waals surface area contributed by atoms with Crippen molar-refractivity contribution in [1.29, 1.82) is 0 Å². The number of carbonyl (C=O) groups is 1. The zero-order valence-electron chi connectivity index (χ0n) is 12.5. The Labute approximate surface area is 131 Å². The second-order valence-electron chi connectivity index (χ2n) is 5.54. The molecule has 1 saturated carbocycles. The number of nitrogens with two attached hydrogens (primary N) is 1. The highest BCUT2D eigenvalue weighted by molar-refractivity contribution is 7.89. The molecule has 0 bridgehead atoms. The first kappa shape index (κ1) is 16.9. The minimum absolute atomic E-state index is 0.0214. The summed E-state index contributed by atoms with van der Waals surface area (Å²) >= 11 is 0. The van der Waals surface area contributed by atoms with Gasteiger partial charge in [0.05, 0.1) is 4.90 Å². The van der Waals surface area contributed by atoms with E-state index < -0.39 is 10.0 Å². The molecular formula is C15H23N3O3S. The predicted molar refractivity (Wildman–Crippen MR) is 84.5 cm³/mol. The Morgan fingerprint density at radius 1 is 1.18 bits per heavy atom. The molecule has 1 fully saturated rings. The highest BCUT2D eigenvalue weighted by Gasteiger charge is 2.31. The van der Waals surface area contributed by atoms with E-state index in [-0.39, 0.29) is 35.7 Å². The number of amides is 1. The van der Waals surface area contributed by atoms with E-state index in [2.05, 4.69) is 10.0 Å². The summed E-state index contributed by atoms with van der Waals surface area (Å²) in [5.41, 5.74) is 5.67. The lowest BCUT2D eigenvalue weighted by molar-refractivity contribution is -0.125. The number of nitrogens with one attached hydrogen (secondary N) is 2. The van der Waals surface area contributed by atoms with Crippen LogP contribution in [-0.2, 0) is 14.8 Å². The van der Waals surface area contributed by atoms with E-state index in [1.54, 1.807) is 18.2 Å². The molecule has 6 nitrogen and oxygen atoms in total. The number of sulfonamides is 1. The van der Waals surface area contributed by atoms with Crippen LogP contribution in [0.3, 0.4) is 0 Å². The van der Waals surface area contributed by atoms with Crippen molar-refractivity contribution in [2.24, 2.45) is 17.6 Å². The van der Waals surface area contributed by atoms with E-state index in [1.165, 1.54) is 12.1 Å². The van der Waals surface area contributed by atoms with Crippen molar-refractivity contribution in [3.05, 3.63) is 30.3 Å². The van der Waals surface area contributed by atoms with Gasteiger partial charge in [-0.25, -0.2) is 13.1 Å². The molecule has 0 aromatic heterocycles. The zero-order chi connectivity index (χ0) is 16.0. The standard InChI is InChI=1S/C15H23N3O3S/c16-11-12-5-4-8-14(12)15(19)17-9-10-18-22(20,21)13-6-2-1-3-7-13/h1-3,6-7,12,14,18H,4-5,8-11,16H2,(H,17,19)/t12-,14-/m1/s1. The van der Waals surface area contributed by atoms with Gasteiger partial charge in [-0.1, -0.05) is 24.6 Å². The van der Waals surface area contributed by atoms with Crippen LogP contribution >= 0.6 is 0 Å². The number of hydrogen-bond donors (Lipinski definition) is 3. The molecule has 4 N–H and O–H groups in total. The van der Waals surface area contributed by atoms with E-state index in [9.17, 15) is 13.2 Å². The van der Waals surface area contributed by atoms with Gasteiger partial charge in [0.15, 0.2) is 0 Å². The minimum Gasteiger partial charge on any atom is -0.355 e. The molecule has 1 aromatic carbocycles. The molecule has 22 heavy (non-hydrogen) atoms. The Bertz CT molecular complexity index is 589. The van der Waals surface area contributed by atoms with Gasteiger partial charge in [-0.15, -0.1) is 0 Å². The number of hydrogen-bond acceptors (Lipinski definition) is 4. The van der Waals surface area contributed by atoms with E-state index in [4.69, 9.17) is 5.73 Å². The van der Waals surface area contributed by atoms with Crippen molar-refractivity contribution in [3.8, 4) is 0 Å². The van der Waals surface area contributed by atoms with Crippen LogP contribution in [0.5, 0.6) is 0 Å². The van der Waals surface area contributed by atoms with Crippen molar-refractivity contribution in [2.45, 2.75) is 24.2 Å². The highest BCUT2D eigenvalue weighted by atomic mass is 32.2. The maximum Gasteiger partial charge on any atom is 0.240 e. The van der Waals surface area contributed by atoms with Gasteiger partial charge < -0.3 is 11.1 Å². The fraction of sp³-hybridized carbons (Fsp3) is 0.533. The van der Waals surface area contributed by atoms with E-state index in [0.29, 0.717) is 6.54 Å². The van der Waals surface area contributed by atoms with E-state index in [0.717, 1.165) is 19.3 Å². The Hall–Kier alpha value is -1.44. The molecule has 0 radical (unpaired) electrons. The second kappa shape index (κ2) is 7.71. The first-order valence-corrected chi connectivity index (χ1v) is 9.05. The van der Waals surface area contributed by atoms with Gasteiger partial charge in [-0.2, -0.15) is 0 Å². The first-order chi connectivity index (χ1) is 10.5. The molecule has 0 saturated heterocycles. The normalized spacial score (nSPS) is 21.7. The van der Waals surface area contributed by atoms with Gasteiger partial charge in [0.2, 0.25) is 15.9 Å². The quantitative estimate of drug-likeness (QED) is 0.634. The molecule has 1 aliphatic rings. The molecule has 1 amide bonds. The van der Waals surface area contributed by atoms with Crippen molar-refractivity contribution in [1.82, 2.24) is 10.0 Å². The molecule has 0 unspecified atom stereocenters. The lowest BCUT2D eigenvalue weighted by Gasteiger charge is -2.17. The first-order valence-electron chi connectivity index (χ1n) is 7.57. The summed E-state index contributed by atoms with van der Waals surface area (Å²) in [5, 5.41) is 2.79. The molecule has 0 aliphatic heterocycles. The summed E-state index contributed by atoms with van der Waals surface area (Å²) in [7, 11) is -3.51. The average molecular weight is 325 g/mol. The summed E-state index contributed by atoms with van der Waals surface area (Å²) in [4.78, 5) is 12.3. The Morgan fingerprint density at radius 3 is 2.59 bits per heavy atom. The van der Waals surface area contributed by atoms with Crippen LogP contribution < -0.4 is 15.8 Å². The van der Waals surface area contributed by atoms with E-state index in [1.807, 2.05) is 0 Å². The van der Waals surface area contributed by atoms with Crippen LogP contribution in [-0.4, -0.2) is 34.0 Å². The van der Waals surface area contributed by atoms with Crippen molar-refractivity contribution < 1.29 is 13.2 Å². The number of benzene rings is 1. The summed E-state index contributed by atoms with van der Waals surface area (Å²) in [6.07, 6.45) is 2.89. The van der Waals surface area contributed by atoms with Gasteiger partial charge in [-0.3, -0.25) is 4.79 Å². The van der Waals surface area contributed by atoms with Crippen LogP contribution in [0.15, 0.2) is 35.2 Å². The molecular weight excluding hydrogens is 302 g/mol. The van der Waals surface area contributed by atoms with Crippen LogP contribution in [0.2, 0.25) is 0 Å². The third kappa shape index (κ3) is 4.28. The minimum atomic E-state index is -3.51. The van der Waals surface area contributed by atoms with Gasteiger partial charge in [0.25, 0.3) is 0 Å². The smallest absolute Gasteiger partial charge is 0.240 e. The van der Waals surface area contributed by atoms with Crippen molar-refractivity contribution >= 4 is 15.9 Å². The van der Waals surface area contributed by atoms with Crippen LogP contribution in [0, 0.1) is 11.8 Å². The largest absolute Gasteiger partial charge is 0.355 e. The zero-order valence-corrected chi connectivity index (χ0v) is 13.3. The molecule has 0 heterocycles. The lowest BCUT2D eigenvalue weighted by atomic mass is 9.95. The molecule has 122 valence electrons. The van der Waals surface area contributed by atoms with Gasteiger partial charge in [0, 0.05) is 19.0 Å². The van der Waals surface area contributed by atoms with Crippen LogP contribution in [0.1, 0.15) is 19.3 Å². The number of rotatable bonds is 7. The van der Waals surface area contributed by atoms with Gasteiger partial charge >= 0.3 is 0 Å². The van der Waals surface area contributed by atoms with Crippen molar-refractivity contribution in [3.63, 3.8) is 0 Å². The Morgan fingerprint density at radius 2 is 1.91 bits per heavy atom. The van der Waals surface area contributed by atoms with Gasteiger partial charge in [-0.05, 0) is 37.4 Å². The monoisotopic (exact) mass is 325 g/mol. The summed E-state index contributed by atoms with van der Waals surface area (Å²) in [6, 6.07) is 8.16. The van der Waals surface area contributed by atoms with E-state index >= 15 is 0 Å². The summed E-state index contributed by atoms with van der Waals surface area (Å²) in [6.45, 7) is 0.973. The molecule has 1 aliphatic carbocycles. The topological polar surface area (TPSA) is 101 Å². The highest BCUT2D eigenvalue weighted by Crippen LogP contribution is 2.30. The maximum atomic E-state index is 12.1. The molecule has 2 atom stereocenters.